The standard InChI is InChI=1S/C44H86N4O8/c1-7-11-13-15-17-21-27-39(9-3)55-43(51)45-31-23-19-25-37-53-41(49)29-33-48(36-35-47(5)6)34-30-42(50)54-38-26-20-24-32-46-44(52)56-40(10-4)28-22-18-16-14-12-8-2/h39-40H,7-38H2,1-6H3,(H,45,51)(H,46,52). The van der Waals surface area contributed by atoms with Crippen molar-refractivity contribution in [3.63, 3.8) is 0 Å². The van der Waals surface area contributed by atoms with Crippen LogP contribution in [0.2, 0.25) is 0 Å². The molecule has 0 bridgehead atoms. The van der Waals surface area contributed by atoms with Crippen molar-refractivity contribution in [2.24, 2.45) is 0 Å². The Morgan fingerprint density at radius 3 is 1.27 bits per heavy atom. The number of carbonyl (C=O) groups excluding carboxylic acids is 4. The quantitative estimate of drug-likeness (QED) is 0.0352. The van der Waals surface area contributed by atoms with Crippen molar-refractivity contribution in [2.45, 2.75) is 194 Å². The summed E-state index contributed by atoms with van der Waals surface area (Å²) in [4.78, 5) is 53.4. The highest BCUT2D eigenvalue weighted by molar-refractivity contribution is 5.70. The zero-order chi connectivity index (χ0) is 41.5. The zero-order valence-corrected chi connectivity index (χ0v) is 36.9. The van der Waals surface area contributed by atoms with Gasteiger partial charge in [0, 0.05) is 39.3 Å². The maximum atomic E-state index is 12.4. The first-order valence-electron chi connectivity index (χ1n) is 22.7. The number of hydrogen-bond acceptors (Lipinski definition) is 10. The van der Waals surface area contributed by atoms with E-state index >= 15 is 0 Å². The lowest BCUT2D eigenvalue weighted by Gasteiger charge is -2.23. The molecule has 2 amide bonds. The van der Waals surface area contributed by atoms with Crippen molar-refractivity contribution in [2.75, 3.05) is 66.6 Å². The second kappa shape index (κ2) is 39.2. The van der Waals surface area contributed by atoms with Crippen LogP contribution >= 0.6 is 0 Å². The number of nitrogens with zero attached hydrogens (tertiary/aromatic N) is 2. The number of amides is 2. The van der Waals surface area contributed by atoms with Crippen LogP contribution in [0.25, 0.3) is 0 Å². The van der Waals surface area contributed by atoms with E-state index in [-0.39, 0.29) is 49.2 Å². The summed E-state index contributed by atoms with van der Waals surface area (Å²) in [6.07, 6.45) is 22.7. The Labute approximate surface area is 342 Å². The Bertz CT molecular complexity index is 886. The van der Waals surface area contributed by atoms with Crippen molar-refractivity contribution in [1.82, 2.24) is 20.4 Å². The van der Waals surface area contributed by atoms with E-state index in [1.54, 1.807) is 0 Å². The molecule has 0 aliphatic carbocycles. The van der Waals surface area contributed by atoms with Gasteiger partial charge in [0.2, 0.25) is 0 Å². The molecular formula is C44H86N4O8. The number of rotatable bonds is 39. The maximum Gasteiger partial charge on any atom is 0.407 e. The zero-order valence-electron chi connectivity index (χ0n) is 36.9. The lowest BCUT2D eigenvalue weighted by molar-refractivity contribution is -0.144. The predicted molar refractivity (Wildman–Crippen MR) is 227 cm³/mol. The van der Waals surface area contributed by atoms with Gasteiger partial charge in [-0.25, -0.2) is 9.59 Å². The molecule has 0 spiro atoms. The van der Waals surface area contributed by atoms with Gasteiger partial charge in [0.15, 0.2) is 0 Å². The van der Waals surface area contributed by atoms with Gasteiger partial charge in [0.1, 0.15) is 12.2 Å². The van der Waals surface area contributed by atoms with Gasteiger partial charge < -0.3 is 39.4 Å². The predicted octanol–water partition coefficient (Wildman–Crippen LogP) is 9.57. The van der Waals surface area contributed by atoms with Gasteiger partial charge in [-0.15, -0.1) is 0 Å². The number of unbranched alkanes of at least 4 members (excludes halogenated alkanes) is 14. The van der Waals surface area contributed by atoms with Crippen molar-refractivity contribution in [1.29, 1.82) is 0 Å². The number of nitrogens with one attached hydrogen (secondary N) is 2. The average molecular weight is 799 g/mol. The molecule has 0 heterocycles. The highest BCUT2D eigenvalue weighted by Crippen LogP contribution is 2.14. The Hall–Kier alpha value is -2.60. The molecule has 0 saturated heterocycles. The summed E-state index contributed by atoms with van der Waals surface area (Å²) in [7, 11) is 3.99. The summed E-state index contributed by atoms with van der Waals surface area (Å²) < 4.78 is 22.1. The fourth-order valence-electron chi connectivity index (χ4n) is 6.26. The van der Waals surface area contributed by atoms with Crippen LogP contribution in [0.5, 0.6) is 0 Å². The first-order valence-corrected chi connectivity index (χ1v) is 22.7. The number of likely N-dealkylation sites (N-methyl/N-ethyl adjacent to an activating group) is 1. The van der Waals surface area contributed by atoms with Crippen molar-refractivity contribution < 1.29 is 38.1 Å². The van der Waals surface area contributed by atoms with Crippen molar-refractivity contribution in [3.8, 4) is 0 Å². The molecule has 0 aliphatic rings. The van der Waals surface area contributed by atoms with Crippen LogP contribution in [0.4, 0.5) is 9.59 Å². The maximum absolute atomic E-state index is 12.4. The van der Waals surface area contributed by atoms with Gasteiger partial charge in [-0.05, 0) is 91.1 Å². The minimum absolute atomic E-state index is 0.0264. The van der Waals surface area contributed by atoms with E-state index in [0.29, 0.717) is 39.4 Å². The van der Waals surface area contributed by atoms with Gasteiger partial charge in [-0.3, -0.25) is 9.59 Å². The molecule has 56 heavy (non-hydrogen) atoms. The third kappa shape index (κ3) is 35.8. The third-order valence-corrected chi connectivity index (χ3v) is 10.1. The number of esters is 2. The molecule has 0 rings (SSSR count). The largest absolute Gasteiger partial charge is 0.466 e. The molecule has 0 radical (unpaired) electrons. The summed E-state index contributed by atoms with van der Waals surface area (Å²) >= 11 is 0. The van der Waals surface area contributed by atoms with E-state index in [0.717, 1.165) is 90.1 Å². The smallest absolute Gasteiger partial charge is 0.407 e. The highest BCUT2D eigenvalue weighted by Gasteiger charge is 2.15. The van der Waals surface area contributed by atoms with Crippen LogP contribution < -0.4 is 10.6 Å². The van der Waals surface area contributed by atoms with Crippen LogP contribution in [0.3, 0.4) is 0 Å². The van der Waals surface area contributed by atoms with E-state index in [2.05, 4.69) is 48.1 Å². The van der Waals surface area contributed by atoms with Crippen LogP contribution in [0, 0.1) is 0 Å². The number of alkyl carbamates (subject to hydrolysis) is 2. The first-order chi connectivity index (χ1) is 27.1. The molecule has 2 atom stereocenters. The van der Waals surface area contributed by atoms with E-state index in [4.69, 9.17) is 18.9 Å². The average Bonchev–Trinajstić information content (AvgIpc) is 3.18. The Morgan fingerprint density at radius 2 is 0.875 bits per heavy atom. The third-order valence-electron chi connectivity index (χ3n) is 10.1. The molecule has 330 valence electrons. The van der Waals surface area contributed by atoms with Crippen LogP contribution in [-0.2, 0) is 28.5 Å². The molecular weight excluding hydrogens is 713 g/mol. The summed E-state index contributed by atoms with van der Waals surface area (Å²) in [5.41, 5.74) is 0. The van der Waals surface area contributed by atoms with E-state index < -0.39 is 0 Å². The molecule has 0 aliphatic heterocycles. The summed E-state index contributed by atoms with van der Waals surface area (Å²) in [5, 5.41) is 5.70. The van der Waals surface area contributed by atoms with Gasteiger partial charge in [0.25, 0.3) is 0 Å². The SMILES string of the molecule is CCCCCCCCC(CC)OC(=O)NCCCCCOC(=O)CCN(CCC(=O)OCCCCCNC(=O)OC(CC)CCCCCCCC)CCN(C)C. The lowest BCUT2D eigenvalue weighted by atomic mass is 10.1. The Morgan fingerprint density at radius 1 is 0.482 bits per heavy atom. The Balaban J connectivity index is 4.07. The molecule has 12 nitrogen and oxygen atoms in total. The molecule has 0 aromatic rings. The van der Waals surface area contributed by atoms with Crippen LogP contribution in [0.15, 0.2) is 0 Å². The van der Waals surface area contributed by atoms with Gasteiger partial charge in [-0.1, -0.05) is 91.9 Å². The summed E-state index contributed by atoms with van der Waals surface area (Å²) in [6, 6.07) is 0. The number of carbonyl (C=O) groups is 4. The number of hydrogen-bond donors (Lipinski definition) is 2. The molecule has 0 aromatic carbocycles. The summed E-state index contributed by atoms with van der Waals surface area (Å²) in [5.74, 6) is -0.498. The van der Waals surface area contributed by atoms with Gasteiger partial charge >= 0.3 is 24.1 Å². The topological polar surface area (TPSA) is 136 Å². The van der Waals surface area contributed by atoms with Gasteiger partial charge in [0.05, 0.1) is 26.1 Å². The van der Waals surface area contributed by atoms with Crippen LogP contribution in [-0.4, -0.2) is 113 Å². The first kappa shape index (κ1) is 53.4. The fourth-order valence-corrected chi connectivity index (χ4v) is 6.26. The highest BCUT2D eigenvalue weighted by atomic mass is 16.6. The minimum Gasteiger partial charge on any atom is -0.466 e. The normalized spacial score (nSPS) is 12.4. The molecule has 0 aromatic heterocycles. The van der Waals surface area contributed by atoms with Crippen molar-refractivity contribution in [3.05, 3.63) is 0 Å². The molecule has 12 heteroatoms. The molecule has 2 N–H and O–H groups in total. The van der Waals surface area contributed by atoms with E-state index in [9.17, 15) is 19.2 Å². The second-order valence-corrected chi connectivity index (χ2v) is 15.5. The molecule has 0 fully saturated rings. The molecule has 2 unspecified atom stereocenters. The van der Waals surface area contributed by atoms with Gasteiger partial charge in [-0.2, -0.15) is 0 Å². The minimum atomic E-state index is -0.347. The monoisotopic (exact) mass is 799 g/mol. The van der Waals surface area contributed by atoms with E-state index in [1.807, 2.05) is 14.1 Å². The van der Waals surface area contributed by atoms with E-state index in [1.165, 1.54) is 64.2 Å². The number of ether oxygens (including phenoxy) is 4. The Kier molecular flexibility index (Phi) is 37.4. The van der Waals surface area contributed by atoms with Crippen molar-refractivity contribution >= 4 is 24.1 Å². The lowest BCUT2D eigenvalue weighted by Crippen LogP contribution is -2.35. The fraction of sp³-hybridized carbons (Fsp3) is 0.909. The second-order valence-electron chi connectivity index (χ2n) is 15.5. The molecule has 0 saturated carbocycles. The van der Waals surface area contributed by atoms with Crippen LogP contribution in [0.1, 0.15) is 182 Å². The summed E-state index contributed by atoms with van der Waals surface area (Å²) in [6.45, 7) is 12.9.